The molecule has 1 amide bonds. The molecule has 9 heteroatoms. The van der Waals surface area contributed by atoms with Crippen molar-refractivity contribution in [2.75, 3.05) is 17.2 Å². The summed E-state index contributed by atoms with van der Waals surface area (Å²) in [5.41, 5.74) is 4.78. The van der Waals surface area contributed by atoms with E-state index < -0.39 is 6.04 Å². The number of hydrogen-bond donors (Lipinski definition) is 2. The van der Waals surface area contributed by atoms with Crippen LogP contribution in [0.1, 0.15) is 36.6 Å². The molecule has 0 bridgehead atoms. The van der Waals surface area contributed by atoms with Crippen molar-refractivity contribution >= 4 is 17.5 Å². The van der Waals surface area contributed by atoms with Crippen LogP contribution in [0.3, 0.4) is 0 Å². The summed E-state index contributed by atoms with van der Waals surface area (Å²) in [7, 11) is 0. The highest BCUT2D eigenvalue weighted by atomic mass is 16.5. The standard InChI is InChI=1S/C28H28N6O3/c1-4-36-24-16-21(13-14-23(24)37-17-20-10-6-5-7-11-20)26-25(19(3)29-28-31-32-33-34(26)28)27(35)30-22-12-8-9-18(2)15-22/h5-16,26H,4,17H2,1-3H3,(H,30,35)(H,29,31,33). The Kier molecular flexibility index (Phi) is 6.85. The quantitative estimate of drug-likeness (QED) is 0.358. The van der Waals surface area contributed by atoms with Crippen LogP contribution in [0.5, 0.6) is 11.5 Å². The van der Waals surface area contributed by atoms with Crippen molar-refractivity contribution < 1.29 is 14.3 Å². The fourth-order valence-corrected chi connectivity index (χ4v) is 4.35. The molecule has 0 saturated carbocycles. The third kappa shape index (κ3) is 5.16. The second-order valence-corrected chi connectivity index (χ2v) is 8.75. The number of amides is 1. The van der Waals surface area contributed by atoms with Crippen LogP contribution >= 0.6 is 0 Å². The number of tetrazole rings is 1. The van der Waals surface area contributed by atoms with Gasteiger partial charge in [0.2, 0.25) is 5.95 Å². The zero-order valence-corrected chi connectivity index (χ0v) is 20.9. The third-order valence-corrected chi connectivity index (χ3v) is 6.06. The highest BCUT2D eigenvalue weighted by Crippen LogP contribution is 2.39. The van der Waals surface area contributed by atoms with Gasteiger partial charge >= 0.3 is 0 Å². The molecule has 1 aliphatic rings. The SMILES string of the molecule is CCOc1cc(C2C(C(=O)Nc3cccc(C)c3)=C(C)Nc3nnnn32)ccc1OCc1ccccc1. The number of aromatic nitrogens is 4. The van der Waals surface area contributed by atoms with Gasteiger partial charge in [0.15, 0.2) is 11.5 Å². The number of anilines is 2. The number of nitrogens with one attached hydrogen (secondary N) is 2. The number of aryl methyl sites for hydroxylation is 1. The van der Waals surface area contributed by atoms with E-state index in [0.717, 1.165) is 16.7 Å². The maximum atomic E-state index is 13.6. The molecule has 1 aromatic heterocycles. The van der Waals surface area contributed by atoms with Crippen LogP contribution in [0.25, 0.3) is 0 Å². The second-order valence-electron chi connectivity index (χ2n) is 8.75. The molecule has 1 aliphatic heterocycles. The zero-order valence-electron chi connectivity index (χ0n) is 20.9. The number of allylic oxidation sites excluding steroid dienone is 1. The second kappa shape index (κ2) is 10.5. The molecule has 4 aromatic rings. The van der Waals surface area contributed by atoms with Crippen LogP contribution in [0.2, 0.25) is 0 Å². The number of carbonyl (C=O) groups excluding carboxylic acids is 1. The van der Waals surface area contributed by atoms with E-state index in [9.17, 15) is 4.79 Å². The smallest absolute Gasteiger partial charge is 0.255 e. The fraction of sp³-hybridized carbons (Fsp3) is 0.214. The molecule has 0 radical (unpaired) electrons. The number of benzene rings is 3. The molecule has 0 aliphatic carbocycles. The van der Waals surface area contributed by atoms with Crippen molar-refractivity contribution in [1.82, 2.24) is 20.2 Å². The minimum Gasteiger partial charge on any atom is -0.490 e. The Hall–Kier alpha value is -4.66. The van der Waals surface area contributed by atoms with Crippen LogP contribution in [0, 0.1) is 6.92 Å². The van der Waals surface area contributed by atoms with Crippen LogP contribution in [-0.2, 0) is 11.4 Å². The molecule has 0 saturated heterocycles. The Morgan fingerprint density at radius 1 is 1.00 bits per heavy atom. The first-order valence-corrected chi connectivity index (χ1v) is 12.1. The zero-order chi connectivity index (χ0) is 25.8. The summed E-state index contributed by atoms with van der Waals surface area (Å²) in [5, 5.41) is 18.3. The lowest BCUT2D eigenvalue weighted by molar-refractivity contribution is -0.113. The average molecular weight is 497 g/mol. The molecule has 37 heavy (non-hydrogen) atoms. The first kappa shape index (κ1) is 24.1. The minimum atomic E-state index is -0.571. The topological polar surface area (TPSA) is 103 Å². The third-order valence-electron chi connectivity index (χ3n) is 6.06. The largest absolute Gasteiger partial charge is 0.490 e. The highest BCUT2D eigenvalue weighted by Gasteiger charge is 2.34. The van der Waals surface area contributed by atoms with Gasteiger partial charge in [-0.25, -0.2) is 0 Å². The van der Waals surface area contributed by atoms with Gasteiger partial charge in [-0.2, -0.15) is 4.68 Å². The lowest BCUT2D eigenvalue weighted by Gasteiger charge is -2.28. The summed E-state index contributed by atoms with van der Waals surface area (Å²) >= 11 is 0. The van der Waals surface area contributed by atoms with Crippen LogP contribution in [0.15, 0.2) is 84.1 Å². The van der Waals surface area contributed by atoms with Gasteiger partial charge in [0.25, 0.3) is 5.91 Å². The van der Waals surface area contributed by atoms with E-state index in [2.05, 4.69) is 26.2 Å². The predicted molar refractivity (Wildman–Crippen MR) is 140 cm³/mol. The van der Waals surface area contributed by atoms with Crippen LogP contribution < -0.4 is 20.1 Å². The van der Waals surface area contributed by atoms with E-state index in [1.807, 2.05) is 93.6 Å². The molecular formula is C28H28N6O3. The number of fused-ring (bicyclic) bond motifs is 1. The lowest BCUT2D eigenvalue weighted by Crippen LogP contribution is -2.31. The number of hydrogen-bond acceptors (Lipinski definition) is 7. The molecule has 1 atom stereocenters. The molecule has 0 fully saturated rings. The number of rotatable bonds is 8. The van der Waals surface area contributed by atoms with Gasteiger partial charge in [-0.3, -0.25) is 4.79 Å². The Balaban J connectivity index is 1.50. The average Bonchev–Trinajstić information content (AvgIpc) is 3.36. The summed E-state index contributed by atoms with van der Waals surface area (Å²) in [4.78, 5) is 13.6. The van der Waals surface area contributed by atoms with Gasteiger partial charge in [-0.15, -0.1) is 0 Å². The molecule has 2 N–H and O–H groups in total. The fourth-order valence-electron chi connectivity index (χ4n) is 4.35. The summed E-state index contributed by atoms with van der Waals surface area (Å²) in [5.74, 6) is 1.41. The Bertz CT molecular complexity index is 1450. The monoisotopic (exact) mass is 496 g/mol. The van der Waals surface area contributed by atoms with Crippen molar-refractivity contribution in [1.29, 1.82) is 0 Å². The molecule has 1 unspecified atom stereocenters. The molecule has 9 nitrogen and oxygen atoms in total. The Labute approximate surface area is 215 Å². The molecule has 0 spiro atoms. The number of ether oxygens (including phenoxy) is 2. The Morgan fingerprint density at radius 2 is 1.84 bits per heavy atom. The first-order valence-electron chi connectivity index (χ1n) is 12.1. The molecule has 188 valence electrons. The van der Waals surface area contributed by atoms with Crippen molar-refractivity contribution in [3.8, 4) is 11.5 Å². The van der Waals surface area contributed by atoms with Gasteiger partial charge in [0.1, 0.15) is 12.6 Å². The van der Waals surface area contributed by atoms with E-state index >= 15 is 0 Å². The van der Waals surface area contributed by atoms with Gasteiger partial charge in [-0.1, -0.05) is 53.6 Å². The van der Waals surface area contributed by atoms with Crippen LogP contribution in [-0.4, -0.2) is 32.7 Å². The van der Waals surface area contributed by atoms with E-state index in [1.54, 1.807) is 4.68 Å². The van der Waals surface area contributed by atoms with Crippen molar-refractivity contribution in [2.24, 2.45) is 0 Å². The molecule has 3 aromatic carbocycles. The van der Waals surface area contributed by atoms with Gasteiger partial charge in [0.05, 0.1) is 12.2 Å². The van der Waals surface area contributed by atoms with Crippen molar-refractivity contribution in [3.63, 3.8) is 0 Å². The normalized spacial score (nSPS) is 14.5. The van der Waals surface area contributed by atoms with Gasteiger partial charge in [0, 0.05) is 11.4 Å². The summed E-state index contributed by atoms with van der Waals surface area (Å²) in [6.45, 7) is 6.62. The Morgan fingerprint density at radius 3 is 2.62 bits per heavy atom. The number of nitrogens with zero attached hydrogens (tertiary/aromatic N) is 4. The molecular weight excluding hydrogens is 468 g/mol. The van der Waals surface area contributed by atoms with Gasteiger partial charge in [-0.05, 0) is 72.2 Å². The van der Waals surface area contributed by atoms with E-state index in [1.165, 1.54) is 0 Å². The van der Waals surface area contributed by atoms with Crippen molar-refractivity contribution in [2.45, 2.75) is 33.4 Å². The number of carbonyl (C=O) groups is 1. The van der Waals surface area contributed by atoms with E-state index in [0.29, 0.717) is 47.6 Å². The van der Waals surface area contributed by atoms with E-state index in [4.69, 9.17) is 9.47 Å². The minimum absolute atomic E-state index is 0.246. The maximum Gasteiger partial charge on any atom is 0.255 e. The van der Waals surface area contributed by atoms with Gasteiger partial charge < -0.3 is 20.1 Å². The summed E-state index contributed by atoms with van der Waals surface area (Å²) in [6, 6.07) is 22.7. The van der Waals surface area contributed by atoms with Crippen molar-refractivity contribution in [3.05, 3.63) is 101 Å². The maximum absolute atomic E-state index is 13.6. The predicted octanol–water partition coefficient (Wildman–Crippen LogP) is 4.89. The summed E-state index contributed by atoms with van der Waals surface area (Å²) < 4.78 is 13.6. The lowest BCUT2D eigenvalue weighted by atomic mass is 9.94. The highest BCUT2D eigenvalue weighted by molar-refractivity contribution is 6.06. The molecule has 2 heterocycles. The molecule has 5 rings (SSSR count). The summed E-state index contributed by atoms with van der Waals surface area (Å²) in [6.07, 6.45) is 0. The van der Waals surface area contributed by atoms with E-state index in [-0.39, 0.29) is 5.91 Å². The first-order chi connectivity index (χ1) is 18.0. The van der Waals surface area contributed by atoms with Crippen LogP contribution in [0.4, 0.5) is 11.6 Å².